The summed E-state index contributed by atoms with van der Waals surface area (Å²) in [5.41, 5.74) is -0.285. The van der Waals surface area contributed by atoms with Gasteiger partial charge in [-0.15, -0.1) is 0 Å². The van der Waals surface area contributed by atoms with Gasteiger partial charge in [0.2, 0.25) is 5.56 Å². The molecule has 0 radical (unpaired) electrons. The second-order valence-corrected chi connectivity index (χ2v) is 6.73. The molecule has 156 valence electrons. The quantitative estimate of drug-likeness (QED) is 0.485. The Hall–Kier alpha value is -4.01. The number of aromatic amines is 1. The van der Waals surface area contributed by atoms with Crippen LogP contribution in [0.5, 0.6) is 0 Å². The van der Waals surface area contributed by atoms with Crippen molar-refractivity contribution in [1.29, 1.82) is 0 Å². The molecule has 0 spiro atoms. The fraction of sp³-hybridized carbons (Fsp3) is 0.0909. The van der Waals surface area contributed by atoms with E-state index in [1.165, 1.54) is 36.5 Å². The zero-order chi connectivity index (χ0) is 22.0. The number of anilines is 2. The number of rotatable bonds is 4. The van der Waals surface area contributed by atoms with Gasteiger partial charge in [-0.1, -0.05) is 18.2 Å². The van der Waals surface area contributed by atoms with Crippen LogP contribution in [0.25, 0.3) is 22.4 Å². The summed E-state index contributed by atoms with van der Waals surface area (Å²) in [4.78, 5) is 27.3. The molecule has 4 aromatic rings. The molecule has 3 heterocycles. The van der Waals surface area contributed by atoms with E-state index in [0.29, 0.717) is 28.6 Å². The van der Waals surface area contributed by atoms with Crippen LogP contribution in [-0.2, 0) is 6.18 Å². The third-order valence-corrected chi connectivity index (χ3v) is 4.49. The summed E-state index contributed by atoms with van der Waals surface area (Å²) in [6.07, 6.45) is -1.40. The molecule has 0 saturated heterocycles. The number of aryl methyl sites for hydroxylation is 1. The van der Waals surface area contributed by atoms with E-state index in [1.54, 1.807) is 31.3 Å². The van der Waals surface area contributed by atoms with Gasteiger partial charge in [-0.3, -0.25) is 4.79 Å². The molecule has 0 aliphatic carbocycles. The molecule has 0 amide bonds. The van der Waals surface area contributed by atoms with E-state index in [2.05, 4.69) is 25.3 Å². The maximum Gasteiger partial charge on any atom is 0.417 e. The Labute approximate surface area is 174 Å². The van der Waals surface area contributed by atoms with E-state index in [9.17, 15) is 18.0 Å². The smallest absolute Gasteiger partial charge is 0.325 e. The summed E-state index contributed by atoms with van der Waals surface area (Å²) in [6, 6.07) is 13.0. The van der Waals surface area contributed by atoms with Crippen LogP contribution < -0.4 is 10.9 Å². The van der Waals surface area contributed by atoms with E-state index in [4.69, 9.17) is 0 Å². The van der Waals surface area contributed by atoms with Crippen LogP contribution in [0.3, 0.4) is 0 Å². The lowest BCUT2D eigenvalue weighted by molar-refractivity contribution is -0.137. The second-order valence-electron chi connectivity index (χ2n) is 6.73. The number of hydrogen-bond donors (Lipinski definition) is 2. The minimum Gasteiger partial charge on any atom is -0.325 e. The largest absolute Gasteiger partial charge is 0.417 e. The van der Waals surface area contributed by atoms with E-state index in [1.807, 2.05) is 0 Å². The molecule has 0 atom stereocenters. The molecule has 3 aromatic heterocycles. The Morgan fingerprint density at radius 3 is 2.45 bits per heavy atom. The predicted molar refractivity (Wildman–Crippen MR) is 111 cm³/mol. The molecule has 9 heteroatoms. The predicted octanol–water partition coefficient (Wildman–Crippen LogP) is 4.96. The summed E-state index contributed by atoms with van der Waals surface area (Å²) < 4.78 is 40.3. The average molecular weight is 423 g/mol. The summed E-state index contributed by atoms with van der Waals surface area (Å²) in [5.74, 6) is 1.60. The molecule has 0 unspecified atom stereocenters. The minimum absolute atomic E-state index is 0.0770. The monoisotopic (exact) mass is 423 g/mol. The van der Waals surface area contributed by atoms with Gasteiger partial charge in [-0.25, -0.2) is 15.0 Å². The fourth-order valence-electron chi connectivity index (χ4n) is 3.16. The first-order chi connectivity index (χ1) is 14.8. The number of pyridine rings is 2. The van der Waals surface area contributed by atoms with Crippen molar-refractivity contribution in [2.75, 3.05) is 5.32 Å². The van der Waals surface area contributed by atoms with Crippen LogP contribution in [-0.4, -0.2) is 19.9 Å². The van der Waals surface area contributed by atoms with Gasteiger partial charge in [-0.05, 0) is 48.4 Å². The van der Waals surface area contributed by atoms with Crippen LogP contribution >= 0.6 is 0 Å². The number of alkyl halides is 3. The van der Waals surface area contributed by atoms with E-state index in [0.717, 1.165) is 6.07 Å². The van der Waals surface area contributed by atoms with Crippen LogP contribution in [0, 0.1) is 6.92 Å². The zero-order valence-corrected chi connectivity index (χ0v) is 16.2. The normalized spacial score (nSPS) is 11.4. The van der Waals surface area contributed by atoms with Gasteiger partial charge in [0.15, 0.2) is 0 Å². The van der Waals surface area contributed by atoms with Crippen molar-refractivity contribution in [3.05, 3.63) is 88.7 Å². The summed E-state index contributed by atoms with van der Waals surface area (Å²) in [5, 5.41) is 3.05. The van der Waals surface area contributed by atoms with Crippen LogP contribution in [0.2, 0.25) is 0 Å². The topological polar surface area (TPSA) is 83.6 Å². The Kier molecular flexibility index (Phi) is 5.24. The highest BCUT2D eigenvalue weighted by molar-refractivity contribution is 5.74. The minimum atomic E-state index is -4.55. The van der Waals surface area contributed by atoms with E-state index < -0.39 is 17.3 Å². The maximum absolute atomic E-state index is 13.4. The molecule has 31 heavy (non-hydrogen) atoms. The summed E-state index contributed by atoms with van der Waals surface area (Å²) >= 11 is 0. The Morgan fingerprint density at radius 1 is 0.903 bits per heavy atom. The lowest BCUT2D eigenvalue weighted by Gasteiger charge is -2.13. The highest BCUT2D eigenvalue weighted by Crippen LogP contribution is 2.36. The van der Waals surface area contributed by atoms with E-state index in [-0.39, 0.29) is 11.3 Å². The van der Waals surface area contributed by atoms with Crippen molar-refractivity contribution in [1.82, 2.24) is 19.9 Å². The van der Waals surface area contributed by atoms with Gasteiger partial charge in [0.05, 0.1) is 5.56 Å². The molecule has 0 saturated carbocycles. The lowest BCUT2D eigenvalue weighted by Crippen LogP contribution is -2.10. The highest BCUT2D eigenvalue weighted by atomic mass is 19.4. The van der Waals surface area contributed by atoms with Gasteiger partial charge < -0.3 is 10.3 Å². The maximum atomic E-state index is 13.4. The van der Waals surface area contributed by atoms with Crippen LogP contribution in [0.1, 0.15) is 11.4 Å². The molecular weight excluding hydrogens is 407 g/mol. The number of H-pyrrole nitrogens is 1. The van der Waals surface area contributed by atoms with Crippen molar-refractivity contribution < 1.29 is 13.2 Å². The second kappa shape index (κ2) is 8.02. The first-order valence-corrected chi connectivity index (χ1v) is 9.24. The molecule has 1 aromatic carbocycles. The first kappa shape index (κ1) is 20.3. The highest BCUT2D eigenvalue weighted by Gasteiger charge is 2.33. The van der Waals surface area contributed by atoms with Gasteiger partial charge in [0.25, 0.3) is 0 Å². The molecule has 0 fully saturated rings. The lowest BCUT2D eigenvalue weighted by atomic mass is 10.0. The summed E-state index contributed by atoms with van der Waals surface area (Å²) in [6.45, 7) is 1.76. The molecule has 6 nitrogen and oxygen atoms in total. The Balaban J connectivity index is 1.74. The van der Waals surface area contributed by atoms with Gasteiger partial charge in [0, 0.05) is 29.7 Å². The molecule has 0 aliphatic rings. The molecule has 4 rings (SSSR count). The molecule has 0 bridgehead atoms. The molecule has 2 N–H and O–H groups in total. The van der Waals surface area contributed by atoms with Gasteiger partial charge >= 0.3 is 6.18 Å². The van der Waals surface area contributed by atoms with Gasteiger partial charge in [0.1, 0.15) is 17.5 Å². The average Bonchev–Trinajstić information content (AvgIpc) is 2.73. The number of benzene rings is 1. The number of nitrogens with one attached hydrogen (secondary N) is 2. The fourth-order valence-corrected chi connectivity index (χ4v) is 3.16. The SMILES string of the molecule is Cc1nccc(Nc2cc(-c3cc(-c4ccccc4C(F)(F)F)[nH]c(=O)c3)ccn2)n1. The van der Waals surface area contributed by atoms with Crippen molar-refractivity contribution in [3.8, 4) is 22.4 Å². The number of hydrogen-bond acceptors (Lipinski definition) is 5. The third-order valence-electron chi connectivity index (χ3n) is 4.49. The third kappa shape index (κ3) is 4.61. The number of aromatic nitrogens is 4. The van der Waals surface area contributed by atoms with Crippen molar-refractivity contribution in [2.24, 2.45) is 0 Å². The standard InChI is InChI=1S/C22H16F3N5O/c1-13-26-9-7-19(28-13)30-20-11-14(6-8-27-20)15-10-18(29-21(31)12-15)16-4-2-3-5-17(16)22(23,24)25/h2-12H,1H3,(H,29,31)(H,26,27,28,30). The Bertz CT molecular complexity index is 1300. The van der Waals surface area contributed by atoms with Crippen LogP contribution in [0.4, 0.5) is 24.8 Å². The molecular formula is C22H16F3N5O. The van der Waals surface area contributed by atoms with Crippen molar-refractivity contribution in [2.45, 2.75) is 13.1 Å². The Morgan fingerprint density at radius 2 is 1.68 bits per heavy atom. The zero-order valence-electron chi connectivity index (χ0n) is 16.2. The van der Waals surface area contributed by atoms with Crippen molar-refractivity contribution in [3.63, 3.8) is 0 Å². The van der Waals surface area contributed by atoms with E-state index >= 15 is 0 Å². The number of halogens is 3. The molecule has 0 aliphatic heterocycles. The first-order valence-electron chi connectivity index (χ1n) is 9.24. The van der Waals surface area contributed by atoms with Gasteiger partial charge in [-0.2, -0.15) is 13.2 Å². The van der Waals surface area contributed by atoms with Crippen molar-refractivity contribution >= 4 is 11.6 Å². The number of nitrogens with zero attached hydrogens (tertiary/aromatic N) is 3. The van der Waals surface area contributed by atoms with Crippen LogP contribution in [0.15, 0.2) is 71.8 Å². The summed E-state index contributed by atoms with van der Waals surface area (Å²) in [7, 11) is 0.